The average molecular weight is 307 g/mol. The molecule has 1 aliphatic heterocycles. The van der Waals surface area contributed by atoms with Crippen LogP contribution in [0, 0.1) is 22.7 Å². The molecule has 8 heteroatoms. The van der Waals surface area contributed by atoms with Crippen LogP contribution in [0.3, 0.4) is 0 Å². The highest BCUT2D eigenvalue weighted by Crippen LogP contribution is 2.35. The molecule has 4 N–H and O–H groups in total. The van der Waals surface area contributed by atoms with Crippen LogP contribution in [0.4, 0.5) is 11.5 Å². The number of ether oxygens (including phenoxy) is 1. The van der Waals surface area contributed by atoms with Crippen molar-refractivity contribution in [3.05, 3.63) is 39.7 Å². The first-order valence-electron chi connectivity index (χ1n) is 6.48. The first-order chi connectivity index (χ1) is 11.0. The number of benzene rings is 1. The fraction of sp³-hybridized carbons (Fsp3) is 0.0667. The van der Waals surface area contributed by atoms with Crippen molar-refractivity contribution in [3.63, 3.8) is 0 Å². The van der Waals surface area contributed by atoms with Crippen molar-refractivity contribution < 1.29 is 9.53 Å². The lowest BCUT2D eigenvalue weighted by Crippen LogP contribution is -2.25. The van der Waals surface area contributed by atoms with E-state index in [4.69, 9.17) is 10.5 Å². The highest BCUT2D eigenvalue weighted by atomic mass is 16.5. The van der Waals surface area contributed by atoms with Crippen molar-refractivity contribution in [1.29, 1.82) is 10.5 Å². The fourth-order valence-electron chi connectivity index (χ4n) is 2.37. The van der Waals surface area contributed by atoms with E-state index in [0.717, 1.165) is 0 Å². The van der Waals surface area contributed by atoms with Crippen LogP contribution in [0.25, 0.3) is 11.1 Å². The lowest BCUT2D eigenvalue weighted by Gasteiger charge is -2.19. The first-order valence-corrected chi connectivity index (χ1v) is 6.48. The molecule has 0 bridgehead atoms. The molecule has 2 heterocycles. The standard InChI is InChI=1S/C15H9N5O3/c16-4-8-13(9(5-17)15(22)20-14(8)18)7-1-2-11-10(3-7)19-12(21)6-23-11/h1-3H,6H2,(H,19,21)(H3,18,20,22). The molecule has 8 nitrogen and oxygen atoms in total. The largest absolute Gasteiger partial charge is 0.482 e. The Morgan fingerprint density at radius 2 is 1.91 bits per heavy atom. The molecule has 0 saturated carbocycles. The Balaban J connectivity index is 2.30. The van der Waals surface area contributed by atoms with E-state index in [9.17, 15) is 20.1 Å². The highest BCUT2D eigenvalue weighted by Gasteiger charge is 2.21. The number of hydrogen-bond acceptors (Lipinski definition) is 6. The van der Waals surface area contributed by atoms with Gasteiger partial charge >= 0.3 is 0 Å². The number of rotatable bonds is 1. The zero-order chi connectivity index (χ0) is 16.6. The lowest BCUT2D eigenvalue weighted by molar-refractivity contribution is -0.118. The SMILES string of the molecule is N#Cc1c(N)[nH]c(=O)c(C#N)c1-c1ccc2c(c1)NC(=O)CO2. The number of aromatic amines is 1. The lowest BCUT2D eigenvalue weighted by atomic mass is 9.96. The number of H-pyrrole nitrogens is 1. The quantitative estimate of drug-likeness (QED) is 0.707. The number of aromatic nitrogens is 1. The molecule has 23 heavy (non-hydrogen) atoms. The summed E-state index contributed by atoms with van der Waals surface area (Å²) in [6.07, 6.45) is 0. The van der Waals surface area contributed by atoms with Crippen LogP contribution in [0.5, 0.6) is 5.75 Å². The predicted octanol–water partition coefficient (Wildman–Crippen LogP) is 0.698. The normalized spacial score (nSPS) is 12.3. The molecule has 0 fully saturated rings. The third kappa shape index (κ3) is 2.24. The Kier molecular flexibility index (Phi) is 3.21. The van der Waals surface area contributed by atoms with Gasteiger partial charge in [-0.15, -0.1) is 0 Å². The Labute approximate surface area is 129 Å². The van der Waals surface area contributed by atoms with Gasteiger partial charge in [-0.25, -0.2) is 0 Å². The summed E-state index contributed by atoms with van der Waals surface area (Å²) in [4.78, 5) is 25.6. The fourth-order valence-corrected chi connectivity index (χ4v) is 2.37. The van der Waals surface area contributed by atoms with Gasteiger partial charge in [0.05, 0.1) is 5.69 Å². The second-order valence-corrected chi connectivity index (χ2v) is 4.76. The minimum absolute atomic E-state index is 0.0100. The molecule has 1 aliphatic rings. The van der Waals surface area contributed by atoms with Gasteiger partial charge in [0.15, 0.2) is 6.61 Å². The van der Waals surface area contributed by atoms with Gasteiger partial charge in [-0.05, 0) is 17.7 Å². The summed E-state index contributed by atoms with van der Waals surface area (Å²) < 4.78 is 5.25. The molecule has 0 radical (unpaired) electrons. The Hall–Kier alpha value is -3.78. The molecule has 0 aliphatic carbocycles. The van der Waals surface area contributed by atoms with Gasteiger partial charge in [-0.3, -0.25) is 9.59 Å². The van der Waals surface area contributed by atoms with Gasteiger partial charge < -0.3 is 20.8 Å². The van der Waals surface area contributed by atoms with Crippen molar-refractivity contribution in [2.75, 3.05) is 17.7 Å². The molecule has 112 valence electrons. The summed E-state index contributed by atoms with van der Waals surface area (Å²) in [6.45, 7) is -0.0861. The maximum atomic E-state index is 11.9. The number of fused-ring (bicyclic) bond motifs is 1. The summed E-state index contributed by atoms with van der Waals surface area (Å²) >= 11 is 0. The van der Waals surface area contributed by atoms with Crippen LogP contribution in [0.15, 0.2) is 23.0 Å². The molecule has 0 unspecified atom stereocenters. The number of carbonyl (C=O) groups is 1. The van der Waals surface area contributed by atoms with Gasteiger partial charge in [0.1, 0.15) is 34.8 Å². The topological polar surface area (TPSA) is 145 Å². The molecule has 0 saturated heterocycles. The molecule has 0 atom stereocenters. The van der Waals surface area contributed by atoms with E-state index in [1.54, 1.807) is 18.2 Å². The van der Waals surface area contributed by atoms with Crippen LogP contribution in [0.2, 0.25) is 0 Å². The highest BCUT2D eigenvalue weighted by molar-refractivity contribution is 5.96. The molecular weight excluding hydrogens is 298 g/mol. The minimum atomic E-state index is -0.683. The maximum absolute atomic E-state index is 11.9. The zero-order valence-electron chi connectivity index (χ0n) is 11.6. The molecular formula is C15H9N5O3. The molecule has 2 aromatic rings. The van der Waals surface area contributed by atoms with Crippen LogP contribution in [0.1, 0.15) is 11.1 Å². The molecule has 0 spiro atoms. The van der Waals surface area contributed by atoms with E-state index in [1.165, 1.54) is 6.07 Å². The number of nitrogen functional groups attached to an aromatic ring is 1. The van der Waals surface area contributed by atoms with Crippen LogP contribution >= 0.6 is 0 Å². The van der Waals surface area contributed by atoms with E-state index >= 15 is 0 Å². The molecule has 1 aromatic carbocycles. The summed E-state index contributed by atoms with van der Waals surface area (Å²) in [6, 6.07) is 8.38. The second kappa shape index (κ2) is 5.20. The van der Waals surface area contributed by atoms with E-state index in [-0.39, 0.29) is 35.0 Å². The number of carbonyl (C=O) groups excluding carboxylic acids is 1. The molecule has 3 rings (SSSR count). The van der Waals surface area contributed by atoms with Crippen molar-refractivity contribution in [1.82, 2.24) is 4.98 Å². The number of nitrogens with two attached hydrogens (primary N) is 1. The van der Waals surface area contributed by atoms with Crippen LogP contribution in [-0.2, 0) is 4.79 Å². The van der Waals surface area contributed by atoms with Crippen molar-refractivity contribution in [2.45, 2.75) is 0 Å². The Morgan fingerprint density at radius 1 is 1.17 bits per heavy atom. The predicted molar refractivity (Wildman–Crippen MR) is 80.5 cm³/mol. The number of anilines is 2. The van der Waals surface area contributed by atoms with Gasteiger partial charge in [-0.1, -0.05) is 6.07 Å². The third-order valence-corrected chi connectivity index (χ3v) is 3.37. The van der Waals surface area contributed by atoms with Gasteiger partial charge in [0.25, 0.3) is 11.5 Å². The van der Waals surface area contributed by atoms with Crippen LogP contribution < -0.4 is 21.3 Å². The number of hydrogen-bond donors (Lipinski definition) is 3. The van der Waals surface area contributed by atoms with Crippen molar-refractivity contribution in [2.24, 2.45) is 0 Å². The van der Waals surface area contributed by atoms with Gasteiger partial charge in [0.2, 0.25) is 0 Å². The average Bonchev–Trinajstić information content (AvgIpc) is 2.53. The molecule has 1 aromatic heterocycles. The number of pyridine rings is 1. The zero-order valence-corrected chi connectivity index (χ0v) is 11.6. The number of amides is 1. The third-order valence-electron chi connectivity index (χ3n) is 3.37. The summed E-state index contributed by atoms with van der Waals surface area (Å²) in [5.41, 5.74) is 5.68. The van der Waals surface area contributed by atoms with E-state index < -0.39 is 5.56 Å². The van der Waals surface area contributed by atoms with Crippen LogP contribution in [-0.4, -0.2) is 17.5 Å². The Bertz CT molecular complexity index is 978. The minimum Gasteiger partial charge on any atom is -0.482 e. The summed E-state index contributed by atoms with van der Waals surface area (Å²) in [5, 5.41) is 21.2. The van der Waals surface area contributed by atoms with Crippen molar-refractivity contribution >= 4 is 17.4 Å². The number of nitriles is 2. The summed E-state index contributed by atoms with van der Waals surface area (Å²) in [5.74, 6) is 0.0220. The molecule has 1 amide bonds. The number of nitrogens with one attached hydrogen (secondary N) is 2. The van der Waals surface area contributed by atoms with E-state index in [1.807, 2.05) is 6.07 Å². The van der Waals surface area contributed by atoms with Crippen molar-refractivity contribution in [3.8, 4) is 29.0 Å². The second-order valence-electron chi connectivity index (χ2n) is 4.76. The van der Waals surface area contributed by atoms with Gasteiger partial charge in [0, 0.05) is 5.56 Å². The first kappa shape index (κ1) is 14.2. The summed E-state index contributed by atoms with van der Waals surface area (Å²) in [7, 11) is 0. The number of nitrogens with zero attached hydrogens (tertiary/aromatic N) is 2. The smallest absolute Gasteiger partial charge is 0.268 e. The monoisotopic (exact) mass is 307 g/mol. The van der Waals surface area contributed by atoms with Gasteiger partial charge in [-0.2, -0.15) is 10.5 Å². The maximum Gasteiger partial charge on any atom is 0.268 e. The van der Waals surface area contributed by atoms with E-state index in [0.29, 0.717) is 17.0 Å². The Morgan fingerprint density at radius 3 is 2.61 bits per heavy atom. The van der Waals surface area contributed by atoms with E-state index in [2.05, 4.69) is 10.3 Å².